The van der Waals surface area contributed by atoms with E-state index in [1.807, 2.05) is 6.92 Å². The number of rotatable bonds is 4. The maximum atomic E-state index is 14.5. The highest BCUT2D eigenvalue weighted by atomic mass is 19.4. The second-order valence-corrected chi connectivity index (χ2v) is 6.46. The first-order valence-electron chi connectivity index (χ1n) is 8.25. The molecule has 26 heavy (non-hydrogen) atoms. The van der Waals surface area contributed by atoms with Crippen LogP contribution in [0.5, 0.6) is 0 Å². The number of nitrogens with one attached hydrogen (secondary N) is 2. The quantitative estimate of drug-likeness (QED) is 0.807. The van der Waals surface area contributed by atoms with Gasteiger partial charge in [-0.15, -0.1) is 0 Å². The van der Waals surface area contributed by atoms with E-state index >= 15 is 0 Å². The molecule has 0 fully saturated rings. The van der Waals surface area contributed by atoms with Crippen LogP contribution in [-0.2, 0) is 5.41 Å². The standard InChI is InChI=1S/C18H19F4N3O/c1-3-25(2)9-7-17(18(20,21)22)12-6-8-23-16(26)15(12)24-14-5-4-11(19)10-13(14)17/h4-6,8,10,24H,3,7,9H2,1-2H3,(H,23,26). The molecular formula is C18H19F4N3O. The molecule has 4 nitrogen and oxygen atoms in total. The number of hydrogen-bond donors (Lipinski definition) is 2. The Balaban J connectivity index is 2.32. The zero-order chi connectivity index (χ0) is 19.1. The molecule has 1 aromatic heterocycles. The van der Waals surface area contributed by atoms with Crippen molar-refractivity contribution in [3.8, 4) is 0 Å². The number of aromatic nitrogens is 1. The van der Waals surface area contributed by atoms with Crippen molar-refractivity contribution >= 4 is 11.4 Å². The molecule has 0 spiro atoms. The number of nitrogens with zero attached hydrogens (tertiary/aromatic N) is 1. The topological polar surface area (TPSA) is 48.1 Å². The predicted octanol–water partition coefficient (Wildman–Crippen LogP) is 3.76. The molecule has 140 valence electrons. The van der Waals surface area contributed by atoms with Crippen molar-refractivity contribution in [2.24, 2.45) is 0 Å². The Morgan fingerprint density at radius 3 is 2.58 bits per heavy atom. The van der Waals surface area contributed by atoms with E-state index in [4.69, 9.17) is 0 Å². The molecule has 0 saturated heterocycles. The monoisotopic (exact) mass is 369 g/mol. The highest BCUT2D eigenvalue weighted by molar-refractivity contribution is 5.75. The molecule has 0 saturated carbocycles. The van der Waals surface area contributed by atoms with E-state index in [0.29, 0.717) is 6.54 Å². The molecule has 8 heteroatoms. The van der Waals surface area contributed by atoms with Crippen LogP contribution < -0.4 is 10.9 Å². The molecule has 1 aromatic carbocycles. The molecule has 2 N–H and O–H groups in total. The Bertz CT molecular complexity index is 877. The molecule has 0 radical (unpaired) electrons. The molecule has 1 aliphatic heterocycles. The lowest BCUT2D eigenvalue weighted by molar-refractivity contribution is -0.181. The fraction of sp³-hybridized carbons (Fsp3) is 0.389. The van der Waals surface area contributed by atoms with Gasteiger partial charge in [0.25, 0.3) is 5.56 Å². The van der Waals surface area contributed by atoms with E-state index in [1.165, 1.54) is 18.3 Å². The van der Waals surface area contributed by atoms with Crippen molar-refractivity contribution in [3.63, 3.8) is 0 Å². The Hall–Kier alpha value is -2.35. The van der Waals surface area contributed by atoms with Gasteiger partial charge in [-0.25, -0.2) is 4.39 Å². The van der Waals surface area contributed by atoms with E-state index in [-0.39, 0.29) is 35.5 Å². The summed E-state index contributed by atoms with van der Waals surface area (Å²) in [5.41, 5.74) is -3.56. The van der Waals surface area contributed by atoms with E-state index in [2.05, 4.69) is 10.3 Å². The number of anilines is 2. The SMILES string of the molecule is CCN(C)CCC1(C(F)(F)F)c2cc(F)ccc2Nc2c1cc[nH]c2=O. The van der Waals surface area contributed by atoms with Crippen LogP contribution in [0.3, 0.4) is 0 Å². The highest BCUT2D eigenvalue weighted by Crippen LogP contribution is 2.55. The van der Waals surface area contributed by atoms with Gasteiger partial charge in [-0.2, -0.15) is 13.2 Å². The Kier molecular flexibility index (Phi) is 4.56. The third-order valence-corrected chi connectivity index (χ3v) is 5.01. The van der Waals surface area contributed by atoms with Crippen LogP contribution in [0.15, 0.2) is 35.3 Å². The van der Waals surface area contributed by atoms with E-state index in [1.54, 1.807) is 11.9 Å². The Labute approximate surface area is 147 Å². The van der Waals surface area contributed by atoms with Crippen molar-refractivity contribution in [1.29, 1.82) is 0 Å². The van der Waals surface area contributed by atoms with Gasteiger partial charge in [0.05, 0.1) is 0 Å². The summed E-state index contributed by atoms with van der Waals surface area (Å²) in [4.78, 5) is 16.3. The first-order valence-corrected chi connectivity index (χ1v) is 8.25. The maximum Gasteiger partial charge on any atom is 0.402 e. The van der Waals surface area contributed by atoms with Crippen LogP contribution in [0.4, 0.5) is 28.9 Å². The molecule has 1 unspecified atom stereocenters. The lowest BCUT2D eigenvalue weighted by atomic mass is 9.68. The van der Waals surface area contributed by atoms with Gasteiger partial charge in [-0.3, -0.25) is 4.79 Å². The van der Waals surface area contributed by atoms with Crippen LogP contribution in [0.1, 0.15) is 24.5 Å². The summed E-state index contributed by atoms with van der Waals surface area (Å²) in [5.74, 6) is -0.753. The first-order chi connectivity index (χ1) is 12.2. The normalized spacial score (nSPS) is 19.0. The zero-order valence-electron chi connectivity index (χ0n) is 14.4. The number of aromatic amines is 1. The van der Waals surface area contributed by atoms with Gasteiger partial charge in [-0.1, -0.05) is 6.92 Å². The minimum absolute atomic E-state index is 0.0899. The Morgan fingerprint density at radius 2 is 1.92 bits per heavy atom. The van der Waals surface area contributed by atoms with E-state index in [0.717, 1.165) is 12.1 Å². The number of alkyl halides is 3. The largest absolute Gasteiger partial charge is 0.402 e. The lowest BCUT2D eigenvalue weighted by Gasteiger charge is -2.42. The molecule has 0 amide bonds. The van der Waals surface area contributed by atoms with Crippen molar-refractivity contribution in [2.45, 2.75) is 24.9 Å². The van der Waals surface area contributed by atoms with Crippen LogP contribution in [-0.4, -0.2) is 36.2 Å². The summed E-state index contributed by atoms with van der Waals surface area (Å²) in [6.07, 6.45) is -3.85. The van der Waals surface area contributed by atoms with Gasteiger partial charge in [0.2, 0.25) is 0 Å². The summed E-state index contributed by atoms with van der Waals surface area (Å²) in [6.45, 7) is 2.55. The van der Waals surface area contributed by atoms with Gasteiger partial charge >= 0.3 is 6.18 Å². The number of pyridine rings is 1. The maximum absolute atomic E-state index is 14.5. The zero-order valence-corrected chi connectivity index (χ0v) is 14.4. The first kappa shape index (κ1) is 18.4. The van der Waals surface area contributed by atoms with Gasteiger partial charge in [0.15, 0.2) is 0 Å². The molecular weight excluding hydrogens is 350 g/mol. The van der Waals surface area contributed by atoms with Gasteiger partial charge in [-0.05, 0) is 56.4 Å². The molecule has 2 aromatic rings. The van der Waals surface area contributed by atoms with Crippen LogP contribution in [0.2, 0.25) is 0 Å². The van der Waals surface area contributed by atoms with Crippen molar-refractivity contribution in [1.82, 2.24) is 9.88 Å². The lowest BCUT2D eigenvalue weighted by Crippen LogP contribution is -2.48. The summed E-state index contributed by atoms with van der Waals surface area (Å²) in [7, 11) is 1.72. The third-order valence-electron chi connectivity index (χ3n) is 5.01. The molecule has 0 aliphatic carbocycles. The summed E-state index contributed by atoms with van der Waals surface area (Å²) < 4.78 is 57.3. The number of benzene rings is 1. The minimum atomic E-state index is -4.71. The fourth-order valence-electron chi connectivity index (χ4n) is 3.45. The summed E-state index contributed by atoms with van der Waals surface area (Å²) in [6, 6.07) is 4.47. The summed E-state index contributed by atoms with van der Waals surface area (Å²) in [5, 5.41) is 2.74. The number of halogens is 4. The number of fused-ring (bicyclic) bond motifs is 2. The van der Waals surface area contributed by atoms with E-state index in [9.17, 15) is 22.4 Å². The smallest absolute Gasteiger partial charge is 0.351 e. The fourth-order valence-corrected chi connectivity index (χ4v) is 3.45. The number of H-pyrrole nitrogens is 1. The highest BCUT2D eigenvalue weighted by Gasteiger charge is 2.60. The van der Waals surface area contributed by atoms with Crippen molar-refractivity contribution < 1.29 is 17.6 Å². The summed E-state index contributed by atoms with van der Waals surface area (Å²) >= 11 is 0. The molecule has 2 heterocycles. The third kappa shape index (κ3) is 2.78. The van der Waals surface area contributed by atoms with Crippen LogP contribution >= 0.6 is 0 Å². The van der Waals surface area contributed by atoms with Crippen LogP contribution in [0, 0.1) is 5.82 Å². The molecule has 1 aliphatic rings. The molecule has 0 bridgehead atoms. The van der Waals surface area contributed by atoms with Crippen LogP contribution in [0.25, 0.3) is 0 Å². The average Bonchev–Trinajstić information content (AvgIpc) is 2.58. The minimum Gasteiger partial charge on any atom is -0.351 e. The van der Waals surface area contributed by atoms with Gasteiger partial charge < -0.3 is 15.2 Å². The molecule has 1 atom stereocenters. The molecule has 3 rings (SSSR count). The number of hydrogen-bond acceptors (Lipinski definition) is 3. The van der Waals surface area contributed by atoms with E-state index < -0.39 is 23.0 Å². The average molecular weight is 369 g/mol. The van der Waals surface area contributed by atoms with Gasteiger partial charge in [0, 0.05) is 17.4 Å². The van der Waals surface area contributed by atoms with Gasteiger partial charge in [0.1, 0.15) is 16.9 Å². The van der Waals surface area contributed by atoms with Crippen molar-refractivity contribution in [3.05, 3.63) is 57.8 Å². The second-order valence-electron chi connectivity index (χ2n) is 6.46. The van der Waals surface area contributed by atoms with Crippen molar-refractivity contribution in [2.75, 3.05) is 25.5 Å². The Morgan fingerprint density at radius 1 is 1.19 bits per heavy atom. The second kappa shape index (κ2) is 6.42. The predicted molar refractivity (Wildman–Crippen MR) is 91.4 cm³/mol.